The zero-order chi connectivity index (χ0) is 0. The quantitative estimate of drug-likeness (QED) is 0.495. The molecule has 0 nitrogen and oxygen atoms in total. The molecule has 0 saturated carbocycles. The molecule has 5 heavy (non-hydrogen) atoms. The fourth-order valence-corrected chi connectivity index (χ4v) is 0. The van der Waals surface area contributed by atoms with Gasteiger partial charge in [0.05, 0.1) is 0 Å². The standard InChI is InChI=1S/Co.Li.Mn.Ni.Ti. The predicted octanol–water partition coefficient (Wildman–Crippen LogP) is -0.391. The van der Waals surface area contributed by atoms with Crippen molar-refractivity contribution in [3.8, 4) is 0 Å². The van der Waals surface area contributed by atoms with Crippen LogP contribution in [0.4, 0.5) is 0 Å². The van der Waals surface area contributed by atoms with Crippen LogP contribution in [-0.4, -0.2) is 18.9 Å². The van der Waals surface area contributed by atoms with E-state index in [2.05, 4.69) is 0 Å². The van der Waals surface area contributed by atoms with Gasteiger partial charge in [-0.05, 0) is 0 Å². The van der Waals surface area contributed by atoms with Crippen LogP contribution in [0.5, 0.6) is 0 Å². The van der Waals surface area contributed by atoms with Gasteiger partial charge in [-0.15, -0.1) is 0 Å². The smallest absolute Gasteiger partial charge is 0 e. The van der Waals surface area contributed by atoms with Crippen LogP contribution in [0.15, 0.2) is 0 Å². The first kappa shape index (κ1) is 45.6. The van der Waals surface area contributed by atoms with Crippen LogP contribution >= 0.6 is 0 Å². The molecular formula is CoLiMnNiTi. The monoisotopic (exact) mass is 227 g/mol. The topological polar surface area (TPSA) is 0 Å². The van der Waals surface area contributed by atoms with Gasteiger partial charge in [0, 0.05) is 90.9 Å². The average Bonchev–Trinajstić information content (AvgIpc) is 0. The first-order chi connectivity index (χ1) is 0. The van der Waals surface area contributed by atoms with E-state index in [0.717, 1.165) is 0 Å². The van der Waals surface area contributed by atoms with Crippen molar-refractivity contribution < 1.29 is 72.1 Å². The van der Waals surface area contributed by atoms with Crippen molar-refractivity contribution in [1.82, 2.24) is 0 Å². The molecule has 0 unspecified atom stereocenters. The molecule has 0 heterocycles. The molecule has 0 rings (SSSR count). The van der Waals surface area contributed by atoms with Crippen molar-refractivity contribution in [3.05, 3.63) is 0 Å². The van der Waals surface area contributed by atoms with Crippen LogP contribution in [0, 0.1) is 0 Å². The molecule has 5 heteroatoms. The van der Waals surface area contributed by atoms with Crippen LogP contribution in [0.1, 0.15) is 0 Å². The van der Waals surface area contributed by atoms with Crippen molar-refractivity contribution in [2.75, 3.05) is 0 Å². The third-order valence-corrected chi connectivity index (χ3v) is 0. The van der Waals surface area contributed by atoms with Gasteiger partial charge < -0.3 is 0 Å². The van der Waals surface area contributed by atoms with E-state index in [4.69, 9.17) is 0 Å². The molecule has 0 aromatic heterocycles. The maximum Gasteiger partial charge on any atom is 0 e. The van der Waals surface area contributed by atoms with Crippen LogP contribution < -0.4 is 0 Å². The summed E-state index contributed by atoms with van der Waals surface area (Å²) in [6.45, 7) is 0. The summed E-state index contributed by atoms with van der Waals surface area (Å²) < 4.78 is 0. The Morgan fingerprint density at radius 2 is 1.00 bits per heavy atom. The zero-order valence-electron chi connectivity index (χ0n) is 2.53. The average molecular weight is 227 g/mol. The Morgan fingerprint density at radius 3 is 1.00 bits per heavy atom. The van der Waals surface area contributed by atoms with Gasteiger partial charge in [0.15, 0.2) is 0 Å². The maximum absolute atomic E-state index is 0. The summed E-state index contributed by atoms with van der Waals surface area (Å²) in [5, 5.41) is 0. The zero-order valence-corrected chi connectivity index (χ0v) is 7.30. The van der Waals surface area contributed by atoms with Gasteiger partial charge in [0.25, 0.3) is 0 Å². The number of hydrogen-bond donors (Lipinski definition) is 0. The SMILES string of the molecule is [Co].[Li].[Mn].[Ni].[Ti]. The van der Waals surface area contributed by atoms with E-state index < -0.39 is 0 Å². The molecule has 0 aliphatic rings. The van der Waals surface area contributed by atoms with E-state index >= 15 is 0 Å². The minimum absolute atomic E-state index is 0. The fourth-order valence-electron chi connectivity index (χ4n) is 0. The minimum atomic E-state index is 0. The van der Waals surface area contributed by atoms with Gasteiger partial charge in [-0.2, -0.15) is 0 Å². The van der Waals surface area contributed by atoms with E-state index in [1.165, 1.54) is 0 Å². The summed E-state index contributed by atoms with van der Waals surface area (Å²) in [6, 6.07) is 0. The first-order valence-corrected chi connectivity index (χ1v) is 0. The molecular weight excluding hydrogens is 227 g/mol. The Bertz CT molecular complexity index is 11.6. The third-order valence-electron chi connectivity index (χ3n) is 0. The molecule has 0 aliphatic heterocycles. The van der Waals surface area contributed by atoms with Crippen LogP contribution in [-0.2, 0) is 72.1 Å². The van der Waals surface area contributed by atoms with E-state index in [9.17, 15) is 0 Å². The maximum atomic E-state index is 0. The molecule has 0 fully saturated rings. The van der Waals surface area contributed by atoms with Gasteiger partial charge in [-0.1, -0.05) is 0 Å². The Balaban J connectivity index is 0. The van der Waals surface area contributed by atoms with Crippen molar-refractivity contribution in [2.45, 2.75) is 0 Å². The van der Waals surface area contributed by atoms with E-state index in [1.807, 2.05) is 0 Å². The largest absolute Gasteiger partial charge is 0 e. The van der Waals surface area contributed by atoms with E-state index in [0.29, 0.717) is 0 Å². The summed E-state index contributed by atoms with van der Waals surface area (Å²) in [7, 11) is 0. The second-order valence-electron chi connectivity index (χ2n) is 0. The van der Waals surface area contributed by atoms with Crippen molar-refractivity contribution in [1.29, 1.82) is 0 Å². The Kier molecular flexibility index (Phi) is 264. The molecule has 3 radical (unpaired) electrons. The van der Waals surface area contributed by atoms with Crippen LogP contribution in [0.25, 0.3) is 0 Å². The Hall–Kier alpha value is 2.83. The molecule has 0 atom stereocenters. The van der Waals surface area contributed by atoms with Gasteiger partial charge in [-0.3, -0.25) is 0 Å². The Labute approximate surface area is 89.6 Å². The molecule has 31 valence electrons. The summed E-state index contributed by atoms with van der Waals surface area (Å²) >= 11 is 0. The normalized spacial score (nSPS) is 0. The first-order valence-electron chi connectivity index (χ1n) is 0. The fraction of sp³-hybridized carbons (Fsp3) is 0. The second-order valence-corrected chi connectivity index (χ2v) is 0. The van der Waals surface area contributed by atoms with Crippen molar-refractivity contribution >= 4 is 18.9 Å². The summed E-state index contributed by atoms with van der Waals surface area (Å²) in [5.41, 5.74) is 0. The second kappa shape index (κ2) is 29.0. The van der Waals surface area contributed by atoms with Gasteiger partial charge >= 0.3 is 0 Å². The molecule has 0 saturated heterocycles. The molecule has 0 amide bonds. The Morgan fingerprint density at radius 1 is 1.00 bits per heavy atom. The molecule has 0 bridgehead atoms. The summed E-state index contributed by atoms with van der Waals surface area (Å²) in [6.07, 6.45) is 0. The van der Waals surface area contributed by atoms with Crippen LogP contribution in [0.2, 0.25) is 0 Å². The van der Waals surface area contributed by atoms with Gasteiger partial charge in [-0.25, -0.2) is 0 Å². The molecule has 0 aliphatic carbocycles. The van der Waals surface area contributed by atoms with Gasteiger partial charge in [0.1, 0.15) is 0 Å². The predicted molar refractivity (Wildman–Crippen MR) is 5.75 cm³/mol. The molecule has 0 spiro atoms. The van der Waals surface area contributed by atoms with E-state index in [-0.39, 0.29) is 90.9 Å². The van der Waals surface area contributed by atoms with Crippen LogP contribution in [0.3, 0.4) is 0 Å². The van der Waals surface area contributed by atoms with Crippen molar-refractivity contribution in [3.63, 3.8) is 0 Å². The van der Waals surface area contributed by atoms with Crippen molar-refractivity contribution in [2.24, 2.45) is 0 Å². The minimum Gasteiger partial charge on any atom is 0 e. The number of rotatable bonds is 0. The molecule has 0 aromatic carbocycles. The molecule has 0 aromatic rings. The van der Waals surface area contributed by atoms with E-state index in [1.54, 1.807) is 0 Å². The summed E-state index contributed by atoms with van der Waals surface area (Å²) in [4.78, 5) is 0. The van der Waals surface area contributed by atoms with Gasteiger partial charge in [0.2, 0.25) is 0 Å². The third kappa shape index (κ3) is 19.9. The number of hydrogen-bond acceptors (Lipinski definition) is 0. The molecule has 0 N–H and O–H groups in total. The summed E-state index contributed by atoms with van der Waals surface area (Å²) in [5.74, 6) is 0.